The van der Waals surface area contributed by atoms with Crippen molar-refractivity contribution in [3.05, 3.63) is 28.7 Å². The van der Waals surface area contributed by atoms with E-state index in [1.807, 2.05) is 24.3 Å². The van der Waals surface area contributed by atoms with Crippen molar-refractivity contribution in [2.45, 2.75) is 19.3 Å². The maximum atomic E-state index is 12.5. The summed E-state index contributed by atoms with van der Waals surface area (Å²) in [5, 5.41) is 8.64. The van der Waals surface area contributed by atoms with Gasteiger partial charge in [-0.05, 0) is 40.9 Å². The third-order valence-electron chi connectivity index (χ3n) is 3.91. The first-order chi connectivity index (χ1) is 10.9. The lowest BCUT2D eigenvalue weighted by Crippen LogP contribution is -2.38. The first-order valence-electron chi connectivity index (χ1n) is 7.44. The number of carbonyl (C=O) groups excluding carboxylic acids is 2. The SMILES string of the molecule is CN(CCCC(=O)O)C(=O)C1CCN(c2ccccc2Br)C1=O. The largest absolute Gasteiger partial charge is 0.481 e. The van der Waals surface area contributed by atoms with E-state index >= 15 is 0 Å². The Morgan fingerprint density at radius 1 is 1.39 bits per heavy atom. The molecule has 1 aliphatic rings. The number of rotatable bonds is 6. The van der Waals surface area contributed by atoms with Crippen molar-refractivity contribution in [2.24, 2.45) is 5.92 Å². The molecule has 0 spiro atoms. The van der Waals surface area contributed by atoms with Crippen molar-refractivity contribution in [2.75, 3.05) is 25.0 Å². The van der Waals surface area contributed by atoms with Gasteiger partial charge in [-0.25, -0.2) is 0 Å². The Labute approximate surface area is 143 Å². The Kier molecular flexibility index (Phi) is 5.76. The van der Waals surface area contributed by atoms with Crippen molar-refractivity contribution < 1.29 is 19.5 Å². The van der Waals surface area contributed by atoms with Crippen molar-refractivity contribution in [3.63, 3.8) is 0 Å². The summed E-state index contributed by atoms with van der Waals surface area (Å²) in [5.41, 5.74) is 0.765. The van der Waals surface area contributed by atoms with Crippen LogP contribution in [0.2, 0.25) is 0 Å². The van der Waals surface area contributed by atoms with Crippen LogP contribution in [0.3, 0.4) is 0 Å². The Morgan fingerprint density at radius 3 is 2.74 bits per heavy atom. The van der Waals surface area contributed by atoms with E-state index < -0.39 is 11.9 Å². The van der Waals surface area contributed by atoms with Crippen molar-refractivity contribution in [1.29, 1.82) is 0 Å². The zero-order valence-electron chi connectivity index (χ0n) is 12.9. The first-order valence-corrected chi connectivity index (χ1v) is 8.23. The van der Waals surface area contributed by atoms with Crippen LogP contribution >= 0.6 is 15.9 Å². The summed E-state index contributed by atoms with van der Waals surface area (Å²) in [6, 6.07) is 7.41. The second kappa shape index (κ2) is 7.59. The van der Waals surface area contributed by atoms with Crippen LogP contribution < -0.4 is 4.90 Å². The highest BCUT2D eigenvalue weighted by Gasteiger charge is 2.39. The standard InChI is InChI=1S/C16H19BrN2O4/c1-18(9-4-7-14(20)21)15(22)11-8-10-19(16(11)23)13-6-3-2-5-12(13)17/h2-3,5-6,11H,4,7-10H2,1H3,(H,20,21). The number of aliphatic carboxylic acids is 1. The van der Waals surface area contributed by atoms with Crippen molar-refractivity contribution >= 4 is 39.4 Å². The average Bonchev–Trinajstić information content (AvgIpc) is 2.88. The number of para-hydroxylation sites is 1. The Bertz CT molecular complexity index is 620. The number of anilines is 1. The van der Waals surface area contributed by atoms with Gasteiger partial charge in [0.1, 0.15) is 5.92 Å². The van der Waals surface area contributed by atoms with Crippen LogP contribution in [0.5, 0.6) is 0 Å². The summed E-state index contributed by atoms with van der Waals surface area (Å²) in [5.74, 6) is -2.01. The molecule has 1 N–H and O–H groups in total. The van der Waals surface area contributed by atoms with E-state index in [0.29, 0.717) is 25.9 Å². The molecule has 0 aliphatic carbocycles. The number of carboxylic acids is 1. The highest BCUT2D eigenvalue weighted by molar-refractivity contribution is 9.10. The fourth-order valence-corrected chi connectivity index (χ4v) is 3.16. The molecule has 6 nitrogen and oxygen atoms in total. The molecule has 0 bridgehead atoms. The lowest BCUT2D eigenvalue weighted by atomic mass is 10.1. The van der Waals surface area contributed by atoms with E-state index in [1.54, 1.807) is 11.9 Å². The molecular weight excluding hydrogens is 364 g/mol. The molecule has 23 heavy (non-hydrogen) atoms. The van der Waals surface area contributed by atoms with Crippen molar-refractivity contribution in [3.8, 4) is 0 Å². The number of carbonyl (C=O) groups is 3. The molecule has 1 aliphatic heterocycles. The van der Waals surface area contributed by atoms with Gasteiger partial charge in [-0.1, -0.05) is 12.1 Å². The van der Waals surface area contributed by atoms with Crippen LogP contribution in [0.15, 0.2) is 28.7 Å². The Balaban J connectivity index is 1.99. The zero-order valence-corrected chi connectivity index (χ0v) is 14.5. The third-order valence-corrected chi connectivity index (χ3v) is 4.58. The topological polar surface area (TPSA) is 77.9 Å². The van der Waals surface area contributed by atoms with Gasteiger partial charge < -0.3 is 14.9 Å². The number of hydrogen-bond acceptors (Lipinski definition) is 3. The quantitative estimate of drug-likeness (QED) is 0.764. The lowest BCUT2D eigenvalue weighted by molar-refractivity contribution is -0.141. The minimum atomic E-state index is -0.886. The maximum Gasteiger partial charge on any atom is 0.303 e. The fourth-order valence-electron chi connectivity index (χ4n) is 2.66. The number of carboxylic acid groups (broad SMARTS) is 1. The van der Waals surface area contributed by atoms with E-state index in [0.717, 1.165) is 10.2 Å². The second-order valence-electron chi connectivity index (χ2n) is 5.54. The summed E-state index contributed by atoms with van der Waals surface area (Å²) in [7, 11) is 1.61. The minimum Gasteiger partial charge on any atom is -0.481 e. The van der Waals surface area contributed by atoms with E-state index in [1.165, 1.54) is 4.90 Å². The van der Waals surface area contributed by atoms with E-state index in [4.69, 9.17) is 5.11 Å². The normalized spacial score (nSPS) is 17.4. The van der Waals surface area contributed by atoms with Gasteiger partial charge in [-0.2, -0.15) is 0 Å². The third kappa shape index (κ3) is 4.10. The number of hydrogen-bond donors (Lipinski definition) is 1. The van der Waals surface area contributed by atoms with Gasteiger partial charge in [0.15, 0.2) is 0 Å². The average molecular weight is 383 g/mol. The molecule has 0 aromatic heterocycles. The zero-order chi connectivity index (χ0) is 17.0. The minimum absolute atomic E-state index is 0.0132. The number of amides is 2. The summed E-state index contributed by atoms with van der Waals surface area (Å²) < 4.78 is 0.816. The molecule has 1 atom stereocenters. The molecule has 1 heterocycles. The summed E-state index contributed by atoms with van der Waals surface area (Å²) in [6.45, 7) is 0.838. The molecule has 0 saturated carbocycles. The molecule has 7 heteroatoms. The molecule has 1 unspecified atom stereocenters. The van der Waals surface area contributed by atoms with Crippen molar-refractivity contribution in [1.82, 2.24) is 4.90 Å². The smallest absolute Gasteiger partial charge is 0.303 e. The van der Waals surface area contributed by atoms with Crippen LogP contribution in [-0.4, -0.2) is 47.9 Å². The van der Waals surface area contributed by atoms with Gasteiger partial charge in [0, 0.05) is 31.0 Å². The summed E-state index contributed by atoms with van der Waals surface area (Å²) >= 11 is 3.42. The predicted octanol–water partition coefficient (Wildman–Crippen LogP) is 2.13. The van der Waals surface area contributed by atoms with Crippen LogP contribution in [0.25, 0.3) is 0 Å². The molecular formula is C16H19BrN2O4. The van der Waals surface area contributed by atoms with Crippen LogP contribution in [0.4, 0.5) is 5.69 Å². The Hall–Kier alpha value is -1.89. The van der Waals surface area contributed by atoms with E-state index in [-0.39, 0.29) is 18.2 Å². The second-order valence-corrected chi connectivity index (χ2v) is 6.39. The van der Waals surface area contributed by atoms with E-state index in [9.17, 15) is 14.4 Å². The van der Waals surface area contributed by atoms with E-state index in [2.05, 4.69) is 15.9 Å². The number of nitrogens with zero attached hydrogens (tertiary/aromatic N) is 2. The summed E-state index contributed by atoms with van der Waals surface area (Å²) in [6.07, 6.45) is 0.869. The molecule has 1 fully saturated rings. The molecule has 1 aromatic carbocycles. The van der Waals surface area contributed by atoms with Gasteiger partial charge >= 0.3 is 5.97 Å². The Morgan fingerprint density at radius 2 is 2.09 bits per heavy atom. The van der Waals surface area contributed by atoms with Gasteiger partial charge in [-0.15, -0.1) is 0 Å². The number of benzene rings is 1. The monoisotopic (exact) mass is 382 g/mol. The highest BCUT2D eigenvalue weighted by atomic mass is 79.9. The van der Waals surface area contributed by atoms with Gasteiger partial charge in [0.2, 0.25) is 11.8 Å². The fraction of sp³-hybridized carbons (Fsp3) is 0.438. The van der Waals surface area contributed by atoms with Gasteiger partial charge in [0.05, 0.1) is 5.69 Å². The van der Waals surface area contributed by atoms with Crippen LogP contribution in [0.1, 0.15) is 19.3 Å². The first kappa shape index (κ1) is 17.5. The molecule has 1 aromatic rings. The maximum absolute atomic E-state index is 12.5. The van der Waals surface area contributed by atoms with Gasteiger partial charge in [0.25, 0.3) is 0 Å². The molecule has 0 radical (unpaired) electrons. The van der Waals surface area contributed by atoms with Crippen LogP contribution in [-0.2, 0) is 14.4 Å². The molecule has 2 rings (SSSR count). The van der Waals surface area contributed by atoms with Gasteiger partial charge in [-0.3, -0.25) is 14.4 Å². The lowest BCUT2D eigenvalue weighted by Gasteiger charge is -2.21. The molecule has 2 amide bonds. The molecule has 1 saturated heterocycles. The number of halogens is 1. The predicted molar refractivity (Wildman–Crippen MR) is 89.1 cm³/mol. The summed E-state index contributed by atoms with van der Waals surface area (Å²) in [4.78, 5) is 38.6. The highest BCUT2D eigenvalue weighted by Crippen LogP contribution is 2.31. The molecule has 124 valence electrons. The van der Waals surface area contributed by atoms with Crippen LogP contribution in [0, 0.1) is 5.92 Å².